The average molecular weight is 380 g/mol. The van der Waals surface area contributed by atoms with Gasteiger partial charge in [-0.15, -0.1) is 0 Å². The standard InChI is InChI=1S/C24H33N3O/c1-18-7-8-23(25-17-18)24(28)11-15-26(16-12-24)21-9-13-27(14-10-21)22-6-4-5-19(2)20(22)3/h4-8,17,21,28H,9-16H2,1-3H3. The van der Waals surface area contributed by atoms with Crippen LogP contribution in [0.25, 0.3) is 0 Å². The number of anilines is 1. The lowest BCUT2D eigenvalue weighted by Gasteiger charge is -2.44. The maximum Gasteiger partial charge on any atom is 0.109 e. The minimum Gasteiger partial charge on any atom is -0.383 e. The highest BCUT2D eigenvalue weighted by atomic mass is 16.3. The van der Waals surface area contributed by atoms with E-state index in [-0.39, 0.29) is 0 Å². The van der Waals surface area contributed by atoms with Gasteiger partial charge < -0.3 is 14.9 Å². The number of benzene rings is 1. The highest BCUT2D eigenvalue weighted by Crippen LogP contribution is 2.34. The summed E-state index contributed by atoms with van der Waals surface area (Å²) < 4.78 is 0. The zero-order valence-corrected chi connectivity index (χ0v) is 17.5. The van der Waals surface area contributed by atoms with Crippen LogP contribution in [-0.4, -0.2) is 47.2 Å². The van der Waals surface area contributed by atoms with E-state index in [2.05, 4.69) is 52.9 Å². The molecule has 2 fully saturated rings. The molecule has 2 aromatic rings. The second kappa shape index (κ2) is 7.84. The van der Waals surface area contributed by atoms with Gasteiger partial charge in [-0.2, -0.15) is 0 Å². The summed E-state index contributed by atoms with van der Waals surface area (Å²) in [5.41, 5.74) is 5.40. The van der Waals surface area contributed by atoms with Crippen molar-refractivity contribution < 1.29 is 5.11 Å². The van der Waals surface area contributed by atoms with Crippen LogP contribution in [0.15, 0.2) is 36.5 Å². The number of rotatable bonds is 3. The van der Waals surface area contributed by atoms with Gasteiger partial charge in [0.25, 0.3) is 0 Å². The number of aliphatic hydroxyl groups is 1. The molecule has 4 nitrogen and oxygen atoms in total. The van der Waals surface area contributed by atoms with Crippen LogP contribution in [0.5, 0.6) is 0 Å². The van der Waals surface area contributed by atoms with Gasteiger partial charge in [0.05, 0.1) is 5.69 Å². The van der Waals surface area contributed by atoms with Gasteiger partial charge in [-0.3, -0.25) is 4.98 Å². The first-order valence-corrected chi connectivity index (χ1v) is 10.7. The van der Waals surface area contributed by atoms with Crippen molar-refractivity contribution in [3.63, 3.8) is 0 Å². The number of likely N-dealkylation sites (tertiary alicyclic amines) is 1. The summed E-state index contributed by atoms with van der Waals surface area (Å²) in [6, 6.07) is 11.3. The molecule has 1 N–H and O–H groups in total. The van der Waals surface area contributed by atoms with Gasteiger partial charge >= 0.3 is 0 Å². The Morgan fingerprint density at radius 1 is 0.964 bits per heavy atom. The Labute approximate surface area is 169 Å². The minimum absolute atomic E-state index is 0.636. The second-order valence-corrected chi connectivity index (χ2v) is 8.73. The average Bonchev–Trinajstić information content (AvgIpc) is 2.71. The minimum atomic E-state index is -0.760. The molecule has 0 aliphatic carbocycles. The zero-order valence-electron chi connectivity index (χ0n) is 17.5. The molecule has 4 heteroatoms. The molecular formula is C24H33N3O. The third-order valence-electron chi connectivity index (χ3n) is 6.91. The Kier molecular flexibility index (Phi) is 5.44. The third-order valence-corrected chi connectivity index (χ3v) is 6.91. The normalized spacial score (nSPS) is 21.1. The lowest BCUT2D eigenvalue weighted by molar-refractivity contribution is -0.0409. The molecule has 0 unspecified atom stereocenters. The maximum absolute atomic E-state index is 11.1. The van der Waals surface area contributed by atoms with E-state index in [0.717, 1.165) is 50.3 Å². The molecule has 0 saturated carbocycles. The van der Waals surface area contributed by atoms with Crippen LogP contribution in [0.4, 0.5) is 5.69 Å². The first kappa shape index (κ1) is 19.4. The predicted molar refractivity (Wildman–Crippen MR) is 115 cm³/mol. The molecular weight excluding hydrogens is 346 g/mol. The number of aryl methyl sites for hydroxylation is 2. The lowest BCUT2D eigenvalue weighted by Crippen LogP contribution is -2.51. The number of nitrogens with zero attached hydrogens (tertiary/aromatic N) is 3. The fourth-order valence-corrected chi connectivity index (χ4v) is 4.81. The van der Waals surface area contributed by atoms with Gasteiger partial charge in [0.15, 0.2) is 0 Å². The van der Waals surface area contributed by atoms with Crippen LogP contribution in [0.2, 0.25) is 0 Å². The quantitative estimate of drug-likeness (QED) is 0.876. The van der Waals surface area contributed by atoms with Crippen molar-refractivity contribution in [1.82, 2.24) is 9.88 Å². The van der Waals surface area contributed by atoms with Crippen molar-refractivity contribution in [2.75, 3.05) is 31.1 Å². The molecule has 1 aromatic heterocycles. The molecule has 28 heavy (non-hydrogen) atoms. The third kappa shape index (κ3) is 3.81. The fourth-order valence-electron chi connectivity index (χ4n) is 4.81. The van der Waals surface area contributed by atoms with E-state index < -0.39 is 5.60 Å². The molecule has 4 rings (SSSR count). The Hall–Kier alpha value is -1.91. The summed E-state index contributed by atoms with van der Waals surface area (Å²) in [6.07, 6.45) is 5.83. The summed E-state index contributed by atoms with van der Waals surface area (Å²) in [5, 5.41) is 11.1. The summed E-state index contributed by atoms with van der Waals surface area (Å²) in [4.78, 5) is 9.65. The molecule has 3 heterocycles. The smallest absolute Gasteiger partial charge is 0.109 e. The Balaban J connectivity index is 1.34. The Morgan fingerprint density at radius 3 is 2.32 bits per heavy atom. The molecule has 150 valence electrons. The maximum atomic E-state index is 11.1. The molecule has 0 atom stereocenters. The molecule has 0 bridgehead atoms. The van der Waals surface area contributed by atoms with Gasteiger partial charge in [0, 0.05) is 44.1 Å². The van der Waals surface area contributed by atoms with Crippen LogP contribution >= 0.6 is 0 Å². The van der Waals surface area contributed by atoms with Gasteiger partial charge in [0.2, 0.25) is 0 Å². The predicted octanol–water partition coefficient (Wildman–Crippen LogP) is 3.96. The summed E-state index contributed by atoms with van der Waals surface area (Å²) in [6.45, 7) is 10.6. The number of aromatic nitrogens is 1. The van der Waals surface area contributed by atoms with E-state index in [9.17, 15) is 5.11 Å². The Bertz CT molecular complexity index is 801. The van der Waals surface area contributed by atoms with E-state index in [0.29, 0.717) is 6.04 Å². The van der Waals surface area contributed by atoms with E-state index in [1.165, 1.54) is 29.7 Å². The van der Waals surface area contributed by atoms with Gasteiger partial charge in [-0.1, -0.05) is 18.2 Å². The van der Waals surface area contributed by atoms with E-state index in [4.69, 9.17) is 0 Å². The molecule has 2 saturated heterocycles. The van der Waals surface area contributed by atoms with Crippen molar-refractivity contribution in [3.8, 4) is 0 Å². The van der Waals surface area contributed by atoms with Gasteiger partial charge in [-0.25, -0.2) is 0 Å². The summed E-state index contributed by atoms with van der Waals surface area (Å²) in [7, 11) is 0. The van der Waals surface area contributed by atoms with Crippen LogP contribution in [0, 0.1) is 20.8 Å². The van der Waals surface area contributed by atoms with Crippen LogP contribution in [0.3, 0.4) is 0 Å². The van der Waals surface area contributed by atoms with Gasteiger partial charge in [-0.05, 0) is 75.3 Å². The number of piperidine rings is 2. The lowest BCUT2D eigenvalue weighted by atomic mass is 9.86. The van der Waals surface area contributed by atoms with Crippen molar-refractivity contribution in [2.24, 2.45) is 0 Å². The van der Waals surface area contributed by atoms with Crippen LogP contribution < -0.4 is 4.90 Å². The zero-order chi connectivity index (χ0) is 19.7. The second-order valence-electron chi connectivity index (χ2n) is 8.73. The van der Waals surface area contributed by atoms with E-state index >= 15 is 0 Å². The fraction of sp³-hybridized carbons (Fsp3) is 0.542. The van der Waals surface area contributed by atoms with Gasteiger partial charge in [0.1, 0.15) is 5.60 Å². The Morgan fingerprint density at radius 2 is 1.68 bits per heavy atom. The summed E-state index contributed by atoms with van der Waals surface area (Å²) in [5.74, 6) is 0. The number of hydrogen-bond acceptors (Lipinski definition) is 4. The molecule has 0 spiro atoms. The van der Waals surface area contributed by atoms with Crippen molar-refractivity contribution in [3.05, 3.63) is 58.9 Å². The highest BCUT2D eigenvalue weighted by Gasteiger charge is 2.37. The van der Waals surface area contributed by atoms with E-state index in [1.807, 2.05) is 19.2 Å². The van der Waals surface area contributed by atoms with Crippen molar-refractivity contribution in [1.29, 1.82) is 0 Å². The van der Waals surface area contributed by atoms with Crippen LogP contribution in [0.1, 0.15) is 48.1 Å². The molecule has 1 aromatic carbocycles. The molecule has 2 aliphatic rings. The molecule has 0 amide bonds. The van der Waals surface area contributed by atoms with Crippen molar-refractivity contribution in [2.45, 2.75) is 58.1 Å². The molecule has 0 radical (unpaired) electrons. The summed E-state index contributed by atoms with van der Waals surface area (Å²) >= 11 is 0. The monoisotopic (exact) mass is 379 g/mol. The van der Waals surface area contributed by atoms with Crippen LogP contribution in [-0.2, 0) is 5.60 Å². The topological polar surface area (TPSA) is 39.6 Å². The number of hydrogen-bond donors (Lipinski definition) is 1. The first-order valence-electron chi connectivity index (χ1n) is 10.7. The largest absolute Gasteiger partial charge is 0.383 e. The van der Waals surface area contributed by atoms with Crippen molar-refractivity contribution >= 4 is 5.69 Å². The van der Waals surface area contributed by atoms with E-state index in [1.54, 1.807) is 0 Å². The SMILES string of the molecule is Cc1ccc(C2(O)CCN(C3CCN(c4cccc(C)c4C)CC3)CC2)nc1. The highest BCUT2D eigenvalue weighted by molar-refractivity contribution is 5.56. The first-order chi connectivity index (χ1) is 13.5. The number of pyridine rings is 1. The molecule has 2 aliphatic heterocycles.